The number of ether oxygens (including phenoxy) is 1. The molecule has 1 rings (SSSR count). The summed E-state index contributed by atoms with van der Waals surface area (Å²) >= 11 is 0. The highest BCUT2D eigenvalue weighted by atomic mass is 16.5. The van der Waals surface area contributed by atoms with Gasteiger partial charge >= 0.3 is 0 Å². The Bertz CT molecular complexity index is 108. The average molecular weight is 144 g/mol. The molecule has 1 fully saturated rings. The molecule has 0 spiro atoms. The number of hydrogen-bond acceptors (Lipinski definition) is 3. The molecule has 0 aromatic heterocycles. The van der Waals surface area contributed by atoms with E-state index in [1.54, 1.807) is 0 Å². The molecule has 1 aliphatic heterocycles. The number of nitrogens with two attached hydrogens (primary N) is 1. The maximum absolute atomic E-state index is 5.48. The van der Waals surface area contributed by atoms with Crippen molar-refractivity contribution < 1.29 is 4.74 Å². The maximum atomic E-state index is 5.48. The SMILES string of the molecule is CC1CCOC1C(C)NN. The third-order valence-electron chi connectivity index (χ3n) is 2.20. The zero-order valence-electron chi connectivity index (χ0n) is 6.63. The van der Waals surface area contributed by atoms with Crippen molar-refractivity contribution in [3.8, 4) is 0 Å². The summed E-state index contributed by atoms with van der Waals surface area (Å²) in [6.45, 7) is 5.13. The monoisotopic (exact) mass is 144 g/mol. The summed E-state index contributed by atoms with van der Waals surface area (Å²) in [5.74, 6) is 5.93. The molecule has 1 saturated heterocycles. The Morgan fingerprint density at radius 2 is 2.40 bits per heavy atom. The van der Waals surface area contributed by atoms with Crippen molar-refractivity contribution in [2.45, 2.75) is 32.4 Å². The highest BCUT2D eigenvalue weighted by Crippen LogP contribution is 2.22. The molecule has 0 aromatic rings. The van der Waals surface area contributed by atoms with Crippen molar-refractivity contribution in [1.82, 2.24) is 5.43 Å². The topological polar surface area (TPSA) is 47.3 Å². The first-order chi connectivity index (χ1) is 4.75. The Labute approximate surface area is 61.9 Å². The Kier molecular flexibility index (Phi) is 2.65. The molecule has 0 amide bonds. The lowest BCUT2D eigenvalue weighted by Gasteiger charge is -2.21. The molecule has 0 aliphatic carbocycles. The van der Waals surface area contributed by atoms with Gasteiger partial charge < -0.3 is 4.74 Å². The van der Waals surface area contributed by atoms with Crippen LogP contribution in [0.1, 0.15) is 20.3 Å². The first-order valence-corrected chi connectivity index (χ1v) is 3.83. The van der Waals surface area contributed by atoms with Crippen molar-refractivity contribution in [2.75, 3.05) is 6.61 Å². The summed E-state index contributed by atoms with van der Waals surface area (Å²) in [5.41, 5.74) is 2.71. The fourth-order valence-corrected chi connectivity index (χ4v) is 1.45. The molecule has 1 heterocycles. The van der Waals surface area contributed by atoms with Gasteiger partial charge in [0.25, 0.3) is 0 Å². The van der Waals surface area contributed by atoms with Crippen molar-refractivity contribution in [3.05, 3.63) is 0 Å². The molecule has 1 aliphatic rings. The van der Waals surface area contributed by atoms with Crippen LogP contribution in [0.3, 0.4) is 0 Å². The summed E-state index contributed by atoms with van der Waals surface area (Å²) in [4.78, 5) is 0. The van der Waals surface area contributed by atoms with E-state index in [4.69, 9.17) is 10.6 Å². The quantitative estimate of drug-likeness (QED) is 0.432. The largest absolute Gasteiger partial charge is 0.376 e. The van der Waals surface area contributed by atoms with E-state index in [0.29, 0.717) is 12.0 Å². The van der Waals surface area contributed by atoms with Crippen molar-refractivity contribution in [1.29, 1.82) is 0 Å². The summed E-state index contributed by atoms with van der Waals surface area (Å²) in [6, 6.07) is 0.275. The summed E-state index contributed by atoms with van der Waals surface area (Å²) in [6.07, 6.45) is 1.47. The van der Waals surface area contributed by atoms with Crippen molar-refractivity contribution in [3.63, 3.8) is 0 Å². The lowest BCUT2D eigenvalue weighted by Crippen LogP contribution is -2.43. The number of hydrogen-bond donors (Lipinski definition) is 2. The Hall–Kier alpha value is -0.120. The first kappa shape index (κ1) is 7.98. The van der Waals surface area contributed by atoms with Crippen LogP contribution in [0.25, 0.3) is 0 Å². The van der Waals surface area contributed by atoms with Gasteiger partial charge in [-0.2, -0.15) is 0 Å². The van der Waals surface area contributed by atoms with Crippen LogP contribution in [0, 0.1) is 5.92 Å². The zero-order valence-corrected chi connectivity index (χ0v) is 6.63. The fraction of sp³-hybridized carbons (Fsp3) is 1.00. The number of hydrazine groups is 1. The van der Waals surface area contributed by atoms with Crippen LogP contribution in [-0.2, 0) is 4.74 Å². The second-order valence-electron chi connectivity index (χ2n) is 3.06. The molecule has 0 radical (unpaired) electrons. The number of nitrogens with one attached hydrogen (secondary N) is 1. The van der Waals surface area contributed by atoms with E-state index in [2.05, 4.69) is 12.3 Å². The summed E-state index contributed by atoms with van der Waals surface area (Å²) in [7, 11) is 0. The fourth-order valence-electron chi connectivity index (χ4n) is 1.45. The van der Waals surface area contributed by atoms with Gasteiger partial charge in [-0.1, -0.05) is 6.92 Å². The van der Waals surface area contributed by atoms with Gasteiger partial charge in [-0.05, 0) is 19.3 Å². The molecule has 60 valence electrons. The minimum absolute atomic E-state index is 0.275. The van der Waals surface area contributed by atoms with E-state index in [1.807, 2.05) is 6.92 Å². The molecule has 3 unspecified atom stereocenters. The smallest absolute Gasteiger partial charge is 0.0765 e. The normalized spacial score (nSPS) is 36.3. The van der Waals surface area contributed by atoms with Gasteiger partial charge in [0.1, 0.15) is 0 Å². The van der Waals surface area contributed by atoms with Crippen LogP contribution < -0.4 is 11.3 Å². The molecule has 0 aromatic carbocycles. The standard InChI is InChI=1S/C7H16N2O/c1-5-3-4-10-7(5)6(2)9-8/h5-7,9H,3-4,8H2,1-2H3. The van der Waals surface area contributed by atoms with Gasteiger partial charge in [0.2, 0.25) is 0 Å². The molecule has 0 bridgehead atoms. The van der Waals surface area contributed by atoms with Crippen molar-refractivity contribution in [2.24, 2.45) is 11.8 Å². The predicted molar refractivity (Wildman–Crippen MR) is 40.3 cm³/mol. The van der Waals surface area contributed by atoms with Crippen LogP contribution in [0.5, 0.6) is 0 Å². The molecule has 3 atom stereocenters. The van der Waals surface area contributed by atoms with Crippen LogP contribution in [0.4, 0.5) is 0 Å². The third-order valence-corrected chi connectivity index (χ3v) is 2.20. The summed E-state index contributed by atoms with van der Waals surface area (Å²) in [5, 5.41) is 0. The van der Waals surface area contributed by atoms with Gasteiger partial charge in [-0.3, -0.25) is 11.3 Å². The third kappa shape index (κ3) is 1.48. The molecule has 10 heavy (non-hydrogen) atoms. The Balaban J connectivity index is 2.38. The van der Waals surface area contributed by atoms with E-state index >= 15 is 0 Å². The molecule has 3 N–H and O–H groups in total. The highest BCUT2D eigenvalue weighted by molar-refractivity contribution is 4.80. The van der Waals surface area contributed by atoms with Gasteiger partial charge in [-0.15, -0.1) is 0 Å². The Morgan fingerprint density at radius 1 is 1.70 bits per heavy atom. The molecule has 3 nitrogen and oxygen atoms in total. The van der Waals surface area contributed by atoms with E-state index in [1.165, 1.54) is 0 Å². The molecular weight excluding hydrogens is 128 g/mol. The summed E-state index contributed by atoms with van der Waals surface area (Å²) < 4.78 is 5.48. The lowest BCUT2D eigenvalue weighted by molar-refractivity contribution is 0.0665. The van der Waals surface area contributed by atoms with Gasteiger partial charge in [-0.25, -0.2) is 0 Å². The Morgan fingerprint density at radius 3 is 2.80 bits per heavy atom. The van der Waals surface area contributed by atoms with E-state index < -0.39 is 0 Å². The van der Waals surface area contributed by atoms with E-state index in [9.17, 15) is 0 Å². The van der Waals surface area contributed by atoms with Crippen molar-refractivity contribution >= 4 is 0 Å². The van der Waals surface area contributed by atoms with Crippen LogP contribution in [-0.4, -0.2) is 18.8 Å². The van der Waals surface area contributed by atoms with Crippen LogP contribution in [0.15, 0.2) is 0 Å². The average Bonchev–Trinajstić information content (AvgIpc) is 2.34. The minimum Gasteiger partial charge on any atom is -0.376 e. The van der Waals surface area contributed by atoms with Gasteiger partial charge in [0, 0.05) is 12.6 Å². The zero-order chi connectivity index (χ0) is 7.56. The molecular formula is C7H16N2O. The second-order valence-corrected chi connectivity index (χ2v) is 3.06. The second kappa shape index (κ2) is 3.32. The lowest BCUT2D eigenvalue weighted by atomic mass is 9.99. The molecule has 3 heteroatoms. The maximum Gasteiger partial charge on any atom is 0.0765 e. The van der Waals surface area contributed by atoms with E-state index in [0.717, 1.165) is 13.0 Å². The van der Waals surface area contributed by atoms with E-state index in [-0.39, 0.29) is 6.04 Å². The van der Waals surface area contributed by atoms with Crippen LogP contribution in [0.2, 0.25) is 0 Å². The number of rotatable bonds is 2. The minimum atomic E-state index is 0.275. The highest BCUT2D eigenvalue weighted by Gasteiger charge is 2.28. The van der Waals surface area contributed by atoms with Crippen LogP contribution >= 0.6 is 0 Å². The van der Waals surface area contributed by atoms with Gasteiger partial charge in [0.05, 0.1) is 6.10 Å². The first-order valence-electron chi connectivity index (χ1n) is 3.83. The molecule has 0 saturated carbocycles. The predicted octanol–water partition coefficient (Wildman–Crippen LogP) is 0.263. The van der Waals surface area contributed by atoms with Gasteiger partial charge in [0.15, 0.2) is 0 Å².